The van der Waals surface area contributed by atoms with E-state index in [9.17, 15) is 18.0 Å². The summed E-state index contributed by atoms with van der Waals surface area (Å²) in [5.41, 5.74) is 1.90. The normalized spacial score (nSPS) is 11.9. The molecular weight excluding hydrogens is 550 g/mol. The number of carbonyl (C=O) groups is 2. The summed E-state index contributed by atoms with van der Waals surface area (Å²) in [6.45, 7) is 4.30. The molecule has 1 atom stereocenters. The lowest BCUT2D eigenvalue weighted by atomic mass is 10.0. The minimum atomic E-state index is -3.85. The van der Waals surface area contributed by atoms with Crippen LogP contribution in [-0.2, 0) is 32.6 Å². The van der Waals surface area contributed by atoms with Gasteiger partial charge in [0.1, 0.15) is 18.3 Å². The Bertz CT molecular complexity index is 1370. The SMILES string of the molecule is CCCNC(=O)[C@@H](Cc1ccccc1)N(Cc1cccc(Cl)c1)C(=O)CN(c1ccc(OCC)cc1)S(C)(=O)=O. The molecule has 0 aliphatic rings. The molecule has 214 valence electrons. The van der Waals surface area contributed by atoms with E-state index in [1.54, 1.807) is 42.5 Å². The molecule has 0 aromatic heterocycles. The van der Waals surface area contributed by atoms with Crippen LogP contribution in [0.4, 0.5) is 5.69 Å². The van der Waals surface area contributed by atoms with Crippen molar-refractivity contribution in [3.05, 3.63) is 95.0 Å². The van der Waals surface area contributed by atoms with Crippen molar-refractivity contribution in [3.8, 4) is 5.75 Å². The molecule has 8 nitrogen and oxygen atoms in total. The van der Waals surface area contributed by atoms with Gasteiger partial charge in [-0.25, -0.2) is 8.42 Å². The lowest BCUT2D eigenvalue weighted by Gasteiger charge is -2.33. The van der Waals surface area contributed by atoms with Gasteiger partial charge in [-0.15, -0.1) is 0 Å². The monoisotopic (exact) mass is 585 g/mol. The lowest BCUT2D eigenvalue weighted by molar-refractivity contribution is -0.140. The maximum Gasteiger partial charge on any atom is 0.244 e. The predicted octanol–water partition coefficient (Wildman–Crippen LogP) is 4.67. The molecule has 0 heterocycles. The molecule has 10 heteroatoms. The van der Waals surface area contributed by atoms with Gasteiger partial charge in [-0.1, -0.05) is 61.0 Å². The first-order valence-corrected chi connectivity index (χ1v) is 15.4. The van der Waals surface area contributed by atoms with Crippen LogP contribution in [0.3, 0.4) is 0 Å². The number of amides is 2. The van der Waals surface area contributed by atoms with Gasteiger partial charge in [0, 0.05) is 24.5 Å². The minimum Gasteiger partial charge on any atom is -0.494 e. The fourth-order valence-electron chi connectivity index (χ4n) is 4.24. The summed E-state index contributed by atoms with van der Waals surface area (Å²) in [6.07, 6.45) is 2.03. The molecule has 2 amide bonds. The van der Waals surface area contributed by atoms with Crippen LogP contribution in [0.15, 0.2) is 78.9 Å². The molecule has 0 bridgehead atoms. The van der Waals surface area contributed by atoms with Crippen molar-refractivity contribution >= 4 is 39.1 Å². The number of anilines is 1. The van der Waals surface area contributed by atoms with Gasteiger partial charge in [-0.2, -0.15) is 0 Å². The molecule has 0 spiro atoms. The standard InChI is InChI=1S/C30H36ClN3O5S/c1-4-18-32-30(36)28(20-23-10-7-6-8-11-23)33(21-24-12-9-13-25(31)19-24)29(35)22-34(40(3,37)38)26-14-16-27(17-15-26)39-5-2/h6-17,19,28H,4-5,18,20-22H2,1-3H3,(H,32,36)/t28-/m1/s1. The highest BCUT2D eigenvalue weighted by Crippen LogP contribution is 2.23. The predicted molar refractivity (Wildman–Crippen MR) is 159 cm³/mol. The van der Waals surface area contributed by atoms with Gasteiger partial charge in [0.2, 0.25) is 21.8 Å². The van der Waals surface area contributed by atoms with Crippen LogP contribution < -0.4 is 14.4 Å². The molecule has 0 unspecified atom stereocenters. The van der Waals surface area contributed by atoms with Gasteiger partial charge in [0.05, 0.1) is 18.6 Å². The summed E-state index contributed by atoms with van der Waals surface area (Å²) in [5, 5.41) is 3.41. The van der Waals surface area contributed by atoms with E-state index in [2.05, 4.69) is 5.32 Å². The summed E-state index contributed by atoms with van der Waals surface area (Å²) < 4.78 is 32.2. The molecule has 3 aromatic rings. The molecule has 3 rings (SSSR count). The number of carbonyl (C=O) groups excluding carboxylic acids is 2. The Morgan fingerprint density at radius 3 is 2.23 bits per heavy atom. The van der Waals surface area contributed by atoms with E-state index < -0.39 is 28.5 Å². The molecule has 0 aliphatic carbocycles. The van der Waals surface area contributed by atoms with Gasteiger partial charge in [0.15, 0.2) is 0 Å². The molecule has 0 saturated heterocycles. The minimum absolute atomic E-state index is 0.0668. The first-order chi connectivity index (χ1) is 19.1. The zero-order valence-corrected chi connectivity index (χ0v) is 24.6. The highest BCUT2D eigenvalue weighted by atomic mass is 35.5. The van der Waals surface area contributed by atoms with Crippen LogP contribution in [0.5, 0.6) is 5.75 Å². The van der Waals surface area contributed by atoms with Crippen LogP contribution >= 0.6 is 11.6 Å². The maximum absolute atomic E-state index is 14.0. The summed E-state index contributed by atoms with van der Waals surface area (Å²) >= 11 is 6.23. The molecule has 0 radical (unpaired) electrons. The van der Waals surface area contributed by atoms with E-state index in [0.29, 0.717) is 35.2 Å². The van der Waals surface area contributed by atoms with Crippen molar-refractivity contribution in [1.29, 1.82) is 0 Å². The Balaban J connectivity index is 2.02. The van der Waals surface area contributed by atoms with Gasteiger partial charge in [0.25, 0.3) is 0 Å². The second kappa shape index (κ2) is 14.7. The topological polar surface area (TPSA) is 96.0 Å². The summed E-state index contributed by atoms with van der Waals surface area (Å²) in [7, 11) is -3.85. The number of hydrogen-bond acceptors (Lipinski definition) is 5. The first-order valence-electron chi connectivity index (χ1n) is 13.2. The molecular formula is C30H36ClN3O5S. The second-order valence-corrected chi connectivity index (χ2v) is 11.7. The van der Waals surface area contributed by atoms with Gasteiger partial charge >= 0.3 is 0 Å². The zero-order chi connectivity index (χ0) is 29.1. The summed E-state index contributed by atoms with van der Waals surface area (Å²) in [6, 6.07) is 22.1. The number of nitrogens with zero attached hydrogens (tertiary/aromatic N) is 2. The number of nitrogens with one attached hydrogen (secondary N) is 1. The van der Waals surface area contributed by atoms with E-state index in [-0.39, 0.29) is 18.9 Å². The highest BCUT2D eigenvalue weighted by Gasteiger charge is 2.33. The van der Waals surface area contributed by atoms with Crippen LogP contribution in [0, 0.1) is 0 Å². The van der Waals surface area contributed by atoms with Crippen molar-refractivity contribution in [3.63, 3.8) is 0 Å². The van der Waals surface area contributed by atoms with Crippen molar-refractivity contribution in [2.24, 2.45) is 0 Å². The van der Waals surface area contributed by atoms with Gasteiger partial charge < -0.3 is 15.0 Å². The van der Waals surface area contributed by atoms with Gasteiger partial charge in [-0.05, 0) is 60.9 Å². The van der Waals surface area contributed by atoms with Crippen LogP contribution in [0.25, 0.3) is 0 Å². The van der Waals surface area contributed by atoms with Crippen molar-refractivity contribution < 1.29 is 22.7 Å². The smallest absolute Gasteiger partial charge is 0.244 e. The van der Waals surface area contributed by atoms with Crippen molar-refractivity contribution in [2.75, 3.05) is 30.3 Å². The molecule has 0 aliphatic heterocycles. The number of halogens is 1. The Kier molecular flexibility index (Phi) is 11.4. The van der Waals surface area contributed by atoms with Crippen LogP contribution in [-0.4, -0.2) is 57.1 Å². The quantitative estimate of drug-likeness (QED) is 0.297. The van der Waals surface area contributed by atoms with E-state index >= 15 is 0 Å². The van der Waals surface area contributed by atoms with Crippen molar-refractivity contribution in [1.82, 2.24) is 10.2 Å². The summed E-state index contributed by atoms with van der Waals surface area (Å²) in [4.78, 5) is 28.9. The van der Waals surface area contributed by atoms with E-state index in [1.165, 1.54) is 4.90 Å². The third kappa shape index (κ3) is 8.99. The Labute approximate surface area is 241 Å². The van der Waals surface area contributed by atoms with Crippen molar-refractivity contribution in [2.45, 2.75) is 39.3 Å². The van der Waals surface area contributed by atoms with E-state index in [0.717, 1.165) is 22.5 Å². The zero-order valence-electron chi connectivity index (χ0n) is 23.0. The van der Waals surface area contributed by atoms with E-state index in [1.807, 2.05) is 50.2 Å². The first kappa shape index (κ1) is 31.0. The average Bonchev–Trinajstić information content (AvgIpc) is 2.93. The Morgan fingerprint density at radius 2 is 1.62 bits per heavy atom. The number of benzene rings is 3. The second-order valence-electron chi connectivity index (χ2n) is 9.34. The molecule has 0 saturated carbocycles. The average molecular weight is 586 g/mol. The third-order valence-corrected chi connectivity index (χ3v) is 7.55. The number of rotatable bonds is 14. The summed E-state index contributed by atoms with van der Waals surface area (Å²) in [5.74, 6) is -0.246. The molecule has 3 aromatic carbocycles. The fourth-order valence-corrected chi connectivity index (χ4v) is 5.30. The Morgan fingerprint density at radius 1 is 0.950 bits per heavy atom. The highest BCUT2D eigenvalue weighted by molar-refractivity contribution is 7.92. The maximum atomic E-state index is 14.0. The van der Waals surface area contributed by atoms with E-state index in [4.69, 9.17) is 16.3 Å². The fraction of sp³-hybridized carbons (Fsp3) is 0.333. The lowest BCUT2D eigenvalue weighted by Crippen LogP contribution is -2.53. The van der Waals surface area contributed by atoms with Crippen LogP contribution in [0.1, 0.15) is 31.4 Å². The largest absolute Gasteiger partial charge is 0.494 e. The molecule has 0 fully saturated rings. The van der Waals surface area contributed by atoms with Crippen LogP contribution in [0.2, 0.25) is 5.02 Å². The number of ether oxygens (including phenoxy) is 1. The number of sulfonamides is 1. The van der Waals surface area contributed by atoms with Gasteiger partial charge in [-0.3, -0.25) is 13.9 Å². The number of hydrogen-bond donors (Lipinski definition) is 1. The molecule has 1 N–H and O–H groups in total. The molecule has 40 heavy (non-hydrogen) atoms. The third-order valence-electron chi connectivity index (χ3n) is 6.18. The Hall–Kier alpha value is -3.56.